The largest absolute Gasteiger partial charge is 0.352 e. The molecule has 0 fully saturated rings. The number of hydrogen-bond donors (Lipinski definition) is 4. The first-order valence-electron chi connectivity index (χ1n) is 13.8. The number of carbonyl (C=O) groups is 2. The maximum atomic E-state index is 13.2. The van der Waals surface area contributed by atoms with Crippen LogP contribution in [0.5, 0.6) is 0 Å². The number of anilines is 4. The number of fused-ring (bicyclic) bond motifs is 1. The van der Waals surface area contributed by atoms with Crippen molar-refractivity contribution in [3.63, 3.8) is 0 Å². The van der Waals surface area contributed by atoms with Crippen molar-refractivity contribution in [2.24, 2.45) is 5.92 Å². The average Bonchev–Trinajstić information content (AvgIpc) is 3.32. The van der Waals surface area contributed by atoms with E-state index in [1.807, 2.05) is 86.8 Å². The van der Waals surface area contributed by atoms with Gasteiger partial charge in [-0.2, -0.15) is 0 Å². The molecule has 5 rings (SSSR count). The van der Waals surface area contributed by atoms with Crippen molar-refractivity contribution in [2.75, 3.05) is 22.5 Å². The van der Waals surface area contributed by atoms with Crippen molar-refractivity contribution in [3.05, 3.63) is 107 Å². The van der Waals surface area contributed by atoms with E-state index in [1.165, 1.54) is 0 Å². The molecule has 42 heavy (non-hydrogen) atoms. The number of hydrogen-bond acceptors (Lipinski definition) is 4. The van der Waals surface area contributed by atoms with Gasteiger partial charge >= 0.3 is 6.03 Å². The number of amides is 3. The van der Waals surface area contributed by atoms with Gasteiger partial charge in [0, 0.05) is 34.7 Å². The fourth-order valence-electron chi connectivity index (χ4n) is 4.72. The molecule has 0 aliphatic rings. The van der Waals surface area contributed by atoms with Crippen LogP contribution in [-0.4, -0.2) is 27.9 Å². The molecule has 0 aliphatic carbocycles. The van der Waals surface area contributed by atoms with E-state index in [9.17, 15) is 9.59 Å². The normalized spacial score (nSPS) is 11.0. The molecule has 0 saturated carbocycles. The number of halogens is 1. The van der Waals surface area contributed by atoms with Gasteiger partial charge in [-0.1, -0.05) is 67.9 Å². The van der Waals surface area contributed by atoms with Gasteiger partial charge in [0.2, 0.25) is 0 Å². The Balaban J connectivity index is 1.61. The SMILES string of the molecule is Cc1cccc(C)c1Nc1c(-c2ccccc2NC(=O)Nc2cccc(Cl)c2)nc2c(C(=O)NCC(C)C)cccn12. The van der Waals surface area contributed by atoms with E-state index < -0.39 is 6.03 Å². The maximum absolute atomic E-state index is 13.2. The second-order valence-electron chi connectivity index (χ2n) is 10.6. The number of nitrogens with one attached hydrogen (secondary N) is 4. The first-order valence-corrected chi connectivity index (χ1v) is 14.1. The van der Waals surface area contributed by atoms with E-state index in [1.54, 1.807) is 30.3 Å². The highest BCUT2D eigenvalue weighted by Gasteiger charge is 2.22. The second kappa shape index (κ2) is 12.4. The predicted octanol–water partition coefficient (Wildman–Crippen LogP) is 8.04. The number of carbonyl (C=O) groups excluding carboxylic acids is 2. The second-order valence-corrected chi connectivity index (χ2v) is 11.0. The summed E-state index contributed by atoms with van der Waals surface area (Å²) in [5.74, 6) is 0.781. The van der Waals surface area contributed by atoms with Crippen molar-refractivity contribution in [1.82, 2.24) is 14.7 Å². The van der Waals surface area contributed by atoms with Crippen molar-refractivity contribution >= 4 is 52.1 Å². The van der Waals surface area contributed by atoms with E-state index >= 15 is 0 Å². The van der Waals surface area contributed by atoms with Crippen LogP contribution in [0, 0.1) is 19.8 Å². The van der Waals surface area contributed by atoms with Crippen LogP contribution in [0.3, 0.4) is 0 Å². The van der Waals surface area contributed by atoms with Gasteiger partial charge in [0.1, 0.15) is 11.5 Å². The summed E-state index contributed by atoms with van der Waals surface area (Å²) in [6.07, 6.45) is 1.88. The summed E-state index contributed by atoms with van der Waals surface area (Å²) < 4.78 is 1.88. The van der Waals surface area contributed by atoms with Crippen molar-refractivity contribution in [2.45, 2.75) is 27.7 Å². The van der Waals surface area contributed by atoms with Gasteiger partial charge in [0.25, 0.3) is 5.91 Å². The van der Waals surface area contributed by atoms with Crippen LogP contribution >= 0.6 is 11.6 Å². The predicted molar refractivity (Wildman–Crippen MR) is 171 cm³/mol. The fraction of sp³-hybridized carbons (Fsp3) is 0.182. The molecule has 3 amide bonds. The quantitative estimate of drug-likeness (QED) is 0.149. The fourth-order valence-corrected chi connectivity index (χ4v) is 4.91. The zero-order valence-corrected chi connectivity index (χ0v) is 24.7. The smallest absolute Gasteiger partial charge is 0.323 e. The molecule has 214 valence electrons. The van der Waals surface area contributed by atoms with Gasteiger partial charge in [-0.25, -0.2) is 9.78 Å². The third kappa shape index (κ3) is 6.24. The van der Waals surface area contributed by atoms with Gasteiger partial charge < -0.3 is 21.3 Å². The molecule has 3 aromatic carbocycles. The summed E-state index contributed by atoms with van der Waals surface area (Å²) in [5, 5.41) is 12.9. The van der Waals surface area contributed by atoms with E-state index in [0.717, 1.165) is 16.8 Å². The Bertz CT molecular complexity index is 1760. The molecule has 0 atom stereocenters. The lowest BCUT2D eigenvalue weighted by molar-refractivity contribution is 0.0950. The molecule has 0 aliphatic heterocycles. The minimum absolute atomic E-state index is 0.197. The van der Waals surface area contributed by atoms with Gasteiger partial charge in [0.05, 0.1) is 11.3 Å². The van der Waals surface area contributed by atoms with Gasteiger partial charge in [-0.3, -0.25) is 9.20 Å². The Morgan fingerprint density at radius 3 is 2.38 bits per heavy atom. The van der Waals surface area contributed by atoms with Crippen molar-refractivity contribution < 1.29 is 9.59 Å². The molecular weight excluding hydrogens is 548 g/mol. The summed E-state index contributed by atoms with van der Waals surface area (Å²) in [4.78, 5) is 31.3. The lowest BCUT2D eigenvalue weighted by atomic mass is 10.1. The Hall–Kier alpha value is -4.82. The summed E-state index contributed by atoms with van der Waals surface area (Å²) >= 11 is 6.09. The number of aryl methyl sites for hydroxylation is 2. The monoisotopic (exact) mass is 580 g/mol. The van der Waals surface area contributed by atoms with Crippen LogP contribution in [0.2, 0.25) is 5.02 Å². The van der Waals surface area contributed by atoms with E-state index in [2.05, 4.69) is 21.3 Å². The number of para-hydroxylation sites is 2. The Morgan fingerprint density at radius 2 is 1.64 bits per heavy atom. The minimum atomic E-state index is -0.425. The number of benzene rings is 3. The molecule has 0 radical (unpaired) electrons. The summed E-state index contributed by atoms with van der Waals surface area (Å²) in [6, 6.07) is 23.7. The molecule has 5 aromatic rings. The van der Waals surface area contributed by atoms with E-state index in [0.29, 0.717) is 57.1 Å². The zero-order valence-electron chi connectivity index (χ0n) is 24.0. The van der Waals surface area contributed by atoms with Crippen LogP contribution in [0.15, 0.2) is 85.1 Å². The van der Waals surface area contributed by atoms with Crippen LogP contribution in [0.1, 0.15) is 35.3 Å². The standard InChI is InChI=1S/C33H33ClN6O2/c1-20(2)19-35-32(41)26-15-9-17-40-30(26)39-29(31(40)38-28-21(3)10-7-11-22(28)4)25-14-5-6-16-27(25)37-33(42)36-24-13-8-12-23(34)18-24/h5-18,20,38H,19H2,1-4H3,(H,35,41)(H2,36,37,42). The van der Waals surface area contributed by atoms with Crippen LogP contribution in [0.4, 0.5) is 27.7 Å². The molecule has 9 heteroatoms. The first kappa shape index (κ1) is 28.7. The van der Waals surface area contributed by atoms with Gasteiger partial charge in [-0.05, 0) is 67.3 Å². The van der Waals surface area contributed by atoms with Crippen LogP contribution < -0.4 is 21.3 Å². The molecule has 0 spiro atoms. The summed E-state index contributed by atoms with van der Waals surface area (Å²) in [7, 11) is 0. The number of aromatic nitrogens is 2. The van der Waals surface area contributed by atoms with Crippen molar-refractivity contribution in [3.8, 4) is 11.3 Å². The van der Waals surface area contributed by atoms with E-state index in [-0.39, 0.29) is 5.91 Å². The Morgan fingerprint density at radius 1 is 0.905 bits per heavy atom. The molecule has 8 nitrogen and oxygen atoms in total. The highest BCUT2D eigenvalue weighted by atomic mass is 35.5. The molecule has 0 unspecified atom stereocenters. The third-order valence-electron chi connectivity index (χ3n) is 6.80. The molecule has 2 heterocycles. The number of rotatable bonds is 8. The topological polar surface area (TPSA) is 99.6 Å². The number of pyridine rings is 1. The first-order chi connectivity index (χ1) is 20.2. The minimum Gasteiger partial charge on any atom is -0.352 e. The lowest BCUT2D eigenvalue weighted by Gasteiger charge is -2.16. The average molecular weight is 581 g/mol. The van der Waals surface area contributed by atoms with Gasteiger partial charge in [0.15, 0.2) is 5.65 Å². The molecule has 0 bridgehead atoms. The number of imidazole rings is 1. The zero-order chi connectivity index (χ0) is 29.8. The summed E-state index contributed by atoms with van der Waals surface area (Å²) in [5.41, 5.74) is 6.42. The summed E-state index contributed by atoms with van der Waals surface area (Å²) in [6.45, 7) is 8.73. The Kier molecular flexibility index (Phi) is 8.45. The van der Waals surface area contributed by atoms with E-state index in [4.69, 9.17) is 16.6 Å². The van der Waals surface area contributed by atoms with Gasteiger partial charge in [-0.15, -0.1) is 0 Å². The Labute approximate surface area is 250 Å². The molecule has 2 aromatic heterocycles. The van der Waals surface area contributed by atoms with Crippen molar-refractivity contribution in [1.29, 1.82) is 0 Å². The lowest BCUT2D eigenvalue weighted by Crippen LogP contribution is -2.27. The molecule has 0 saturated heterocycles. The molecule has 4 N–H and O–H groups in total. The van der Waals surface area contributed by atoms with Crippen LogP contribution in [-0.2, 0) is 0 Å². The van der Waals surface area contributed by atoms with Crippen LogP contribution in [0.25, 0.3) is 16.9 Å². The highest BCUT2D eigenvalue weighted by molar-refractivity contribution is 6.30. The third-order valence-corrected chi connectivity index (χ3v) is 7.04. The maximum Gasteiger partial charge on any atom is 0.323 e. The number of nitrogens with zero attached hydrogens (tertiary/aromatic N) is 2. The number of urea groups is 1. The molecular formula is C33H33ClN6O2. The highest BCUT2D eigenvalue weighted by Crippen LogP contribution is 2.37.